The van der Waals surface area contributed by atoms with Crippen molar-refractivity contribution in [2.45, 2.75) is 13.0 Å². The molecule has 0 N–H and O–H groups in total. The van der Waals surface area contributed by atoms with Crippen molar-refractivity contribution in [3.63, 3.8) is 0 Å². The summed E-state index contributed by atoms with van der Waals surface area (Å²) in [6, 6.07) is 15.2. The summed E-state index contributed by atoms with van der Waals surface area (Å²) < 4.78 is 5.31. The van der Waals surface area contributed by atoms with Crippen molar-refractivity contribution in [2.24, 2.45) is 0 Å². The molecule has 2 aromatic rings. The molecule has 0 radical (unpaired) electrons. The fraction of sp³-hybridized carbons (Fsp3) is 0.133. The molecule has 1 unspecified atom stereocenters. The second-order valence-corrected chi connectivity index (χ2v) is 4.25. The maximum Gasteiger partial charge on any atom is 0.303 e. The molecule has 5 heteroatoms. The van der Waals surface area contributed by atoms with Crippen LogP contribution in [-0.4, -0.2) is 10.9 Å². The fourth-order valence-corrected chi connectivity index (χ4v) is 1.89. The third-order valence-electron chi connectivity index (χ3n) is 2.79. The summed E-state index contributed by atoms with van der Waals surface area (Å²) in [6.45, 7) is 1.33. The molecule has 1 atom stereocenters. The molecule has 0 aliphatic rings. The lowest BCUT2D eigenvalue weighted by atomic mass is 10.0. The lowest BCUT2D eigenvalue weighted by Crippen LogP contribution is -2.10. The van der Waals surface area contributed by atoms with Crippen LogP contribution in [0.1, 0.15) is 24.2 Å². The molecule has 0 aliphatic carbocycles. The molecule has 0 heterocycles. The van der Waals surface area contributed by atoms with Crippen molar-refractivity contribution in [3.8, 4) is 0 Å². The van der Waals surface area contributed by atoms with Gasteiger partial charge in [0.05, 0.1) is 4.92 Å². The van der Waals surface area contributed by atoms with E-state index in [1.54, 1.807) is 12.1 Å². The van der Waals surface area contributed by atoms with Gasteiger partial charge in [-0.1, -0.05) is 30.3 Å². The molecule has 0 spiro atoms. The lowest BCUT2D eigenvalue weighted by molar-refractivity contribution is -0.384. The van der Waals surface area contributed by atoms with Crippen LogP contribution in [-0.2, 0) is 9.53 Å². The summed E-state index contributed by atoms with van der Waals surface area (Å²) in [5.41, 5.74) is 1.51. The second kappa shape index (κ2) is 5.97. The molecule has 102 valence electrons. The lowest BCUT2D eigenvalue weighted by Gasteiger charge is -2.17. The summed E-state index contributed by atoms with van der Waals surface area (Å²) in [5, 5.41) is 10.7. The van der Waals surface area contributed by atoms with Gasteiger partial charge in [-0.05, 0) is 23.3 Å². The van der Waals surface area contributed by atoms with E-state index in [1.807, 2.05) is 30.3 Å². The fourth-order valence-electron chi connectivity index (χ4n) is 1.89. The highest BCUT2D eigenvalue weighted by Crippen LogP contribution is 2.27. The third kappa shape index (κ3) is 3.20. The first-order valence-electron chi connectivity index (χ1n) is 6.04. The normalized spacial score (nSPS) is 11.7. The van der Waals surface area contributed by atoms with Crippen LogP contribution >= 0.6 is 0 Å². The van der Waals surface area contributed by atoms with E-state index in [1.165, 1.54) is 19.1 Å². The molecule has 2 aromatic carbocycles. The van der Waals surface area contributed by atoms with E-state index in [0.717, 1.165) is 5.56 Å². The van der Waals surface area contributed by atoms with Crippen LogP contribution in [0.4, 0.5) is 5.69 Å². The monoisotopic (exact) mass is 271 g/mol. The Kier molecular flexibility index (Phi) is 4.10. The van der Waals surface area contributed by atoms with Gasteiger partial charge >= 0.3 is 5.97 Å². The molecule has 20 heavy (non-hydrogen) atoms. The molecular weight excluding hydrogens is 258 g/mol. The van der Waals surface area contributed by atoms with Gasteiger partial charge in [0.25, 0.3) is 5.69 Å². The topological polar surface area (TPSA) is 69.4 Å². The number of hydrogen-bond donors (Lipinski definition) is 0. The number of non-ortho nitro benzene ring substituents is 1. The van der Waals surface area contributed by atoms with Gasteiger partial charge in [-0.25, -0.2) is 0 Å². The van der Waals surface area contributed by atoms with Crippen LogP contribution in [0.3, 0.4) is 0 Å². The Morgan fingerprint density at radius 3 is 2.10 bits per heavy atom. The van der Waals surface area contributed by atoms with Crippen molar-refractivity contribution < 1.29 is 14.5 Å². The number of esters is 1. The quantitative estimate of drug-likeness (QED) is 0.486. The molecule has 0 saturated heterocycles. The van der Waals surface area contributed by atoms with Gasteiger partial charge in [0.15, 0.2) is 6.10 Å². The summed E-state index contributed by atoms with van der Waals surface area (Å²) >= 11 is 0. The number of hydrogen-bond acceptors (Lipinski definition) is 4. The van der Waals surface area contributed by atoms with Gasteiger partial charge in [-0.15, -0.1) is 0 Å². The first kappa shape index (κ1) is 13.7. The van der Waals surface area contributed by atoms with Crippen molar-refractivity contribution in [2.75, 3.05) is 0 Å². The second-order valence-electron chi connectivity index (χ2n) is 4.25. The van der Waals surface area contributed by atoms with E-state index in [4.69, 9.17) is 4.74 Å². The highest BCUT2D eigenvalue weighted by Gasteiger charge is 2.18. The Morgan fingerprint density at radius 2 is 1.60 bits per heavy atom. The van der Waals surface area contributed by atoms with E-state index in [0.29, 0.717) is 5.56 Å². The molecule has 2 rings (SSSR count). The number of carbonyl (C=O) groups is 1. The number of nitro benzene ring substituents is 1. The summed E-state index contributed by atoms with van der Waals surface area (Å²) in [6.07, 6.45) is -0.561. The maximum absolute atomic E-state index is 11.2. The number of nitrogens with zero attached hydrogens (tertiary/aromatic N) is 1. The Labute approximate surface area is 116 Å². The van der Waals surface area contributed by atoms with Crippen molar-refractivity contribution in [1.82, 2.24) is 0 Å². The maximum atomic E-state index is 11.2. The predicted octanol–water partition coefficient (Wildman–Crippen LogP) is 3.25. The van der Waals surface area contributed by atoms with Gasteiger partial charge in [0.1, 0.15) is 0 Å². The molecule has 0 saturated carbocycles. The number of carbonyl (C=O) groups excluding carboxylic acids is 1. The van der Waals surface area contributed by atoms with Gasteiger partial charge in [0, 0.05) is 19.1 Å². The van der Waals surface area contributed by atoms with Gasteiger partial charge in [0.2, 0.25) is 0 Å². The first-order valence-corrected chi connectivity index (χ1v) is 6.04. The standard InChI is InChI=1S/C15H13NO4/c1-11(17)20-15(12-5-3-2-4-6-12)13-7-9-14(10-8-13)16(18)19/h2-10,15H,1H3. The van der Waals surface area contributed by atoms with E-state index < -0.39 is 17.0 Å². The molecule has 5 nitrogen and oxygen atoms in total. The molecule has 0 amide bonds. The molecule has 0 fully saturated rings. The predicted molar refractivity (Wildman–Crippen MR) is 73.1 cm³/mol. The number of benzene rings is 2. The van der Waals surface area contributed by atoms with Crippen molar-refractivity contribution in [1.29, 1.82) is 0 Å². The Morgan fingerprint density at radius 1 is 1.05 bits per heavy atom. The van der Waals surface area contributed by atoms with E-state index in [9.17, 15) is 14.9 Å². The van der Waals surface area contributed by atoms with E-state index >= 15 is 0 Å². The summed E-state index contributed by atoms with van der Waals surface area (Å²) in [4.78, 5) is 21.4. The van der Waals surface area contributed by atoms with Crippen LogP contribution in [0, 0.1) is 10.1 Å². The molecular formula is C15H13NO4. The minimum Gasteiger partial charge on any atom is -0.453 e. The molecule has 0 bridgehead atoms. The SMILES string of the molecule is CC(=O)OC(c1ccccc1)c1ccc([N+](=O)[O-])cc1. The number of rotatable bonds is 4. The minimum atomic E-state index is -0.561. The average molecular weight is 271 g/mol. The molecule has 0 aliphatic heterocycles. The van der Waals surface area contributed by atoms with Crippen LogP contribution in [0.5, 0.6) is 0 Å². The van der Waals surface area contributed by atoms with Gasteiger partial charge < -0.3 is 4.74 Å². The summed E-state index contributed by atoms with van der Waals surface area (Å²) in [7, 11) is 0. The Hall–Kier alpha value is -2.69. The van der Waals surface area contributed by atoms with Crippen molar-refractivity contribution in [3.05, 3.63) is 75.8 Å². The summed E-state index contributed by atoms with van der Waals surface area (Å²) in [5.74, 6) is -0.405. The first-order chi connectivity index (χ1) is 9.58. The van der Waals surface area contributed by atoms with E-state index in [-0.39, 0.29) is 5.69 Å². The van der Waals surface area contributed by atoms with Crippen LogP contribution in [0.15, 0.2) is 54.6 Å². The van der Waals surface area contributed by atoms with Crippen LogP contribution in [0.2, 0.25) is 0 Å². The minimum absolute atomic E-state index is 0.00314. The average Bonchev–Trinajstić information content (AvgIpc) is 2.45. The zero-order valence-electron chi connectivity index (χ0n) is 10.9. The smallest absolute Gasteiger partial charge is 0.303 e. The zero-order chi connectivity index (χ0) is 14.5. The largest absolute Gasteiger partial charge is 0.453 e. The molecule has 0 aromatic heterocycles. The van der Waals surface area contributed by atoms with E-state index in [2.05, 4.69) is 0 Å². The third-order valence-corrected chi connectivity index (χ3v) is 2.79. The Bertz CT molecular complexity index is 608. The number of ether oxygens (including phenoxy) is 1. The van der Waals surface area contributed by atoms with Crippen LogP contribution < -0.4 is 0 Å². The van der Waals surface area contributed by atoms with Gasteiger partial charge in [-0.3, -0.25) is 14.9 Å². The van der Waals surface area contributed by atoms with Gasteiger partial charge in [-0.2, -0.15) is 0 Å². The Balaban J connectivity index is 2.36. The highest BCUT2D eigenvalue weighted by atomic mass is 16.6. The highest BCUT2D eigenvalue weighted by molar-refractivity contribution is 5.67. The van der Waals surface area contributed by atoms with Crippen molar-refractivity contribution >= 4 is 11.7 Å². The van der Waals surface area contributed by atoms with Crippen LogP contribution in [0.25, 0.3) is 0 Å². The zero-order valence-corrected chi connectivity index (χ0v) is 10.9. The number of nitro groups is 1.